The number of unbranched alkanes of at least 4 members (excludes halogenated alkanes) is 2. The SMILES string of the molecule is [CH2]COS(=O)(=O)CCCCC. The van der Waals surface area contributed by atoms with Gasteiger partial charge in [0.05, 0.1) is 12.4 Å². The van der Waals surface area contributed by atoms with Crippen molar-refractivity contribution in [1.29, 1.82) is 0 Å². The summed E-state index contributed by atoms with van der Waals surface area (Å²) in [4.78, 5) is 0. The summed E-state index contributed by atoms with van der Waals surface area (Å²) in [7, 11) is -3.27. The molecule has 0 unspecified atom stereocenters. The molecule has 11 heavy (non-hydrogen) atoms. The molecule has 0 saturated heterocycles. The van der Waals surface area contributed by atoms with Gasteiger partial charge in [-0.15, -0.1) is 0 Å². The summed E-state index contributed by atoms with van der Waals surface area (Å²) in [6, 6.07) is 0. The summed E-state index contributed by atoms with van der Waals surface area (Å²) in [5.41, 5.74) is 0. The predicted octanol–water partition coefficient (Wildman–Crippen LogP) is 1.36. The van der Waals surface area contributed by atoms with E-state index in [4.69, 9.17) is 0 Å². The van der Waals surface area contributed by atoms with Gasteiger partial charge in [0.15, 0.2) is 0 Å². The van der Waals surface area contributed by atoms with Gasteiger partial charge in [0, 0.05) is 0 Å². The summed E-state index contributed by atoms with van der Waals surface area (Å²) in [5, 5.41) is 0. The van der Waals surface area contributed by atoms with Crippen LogP contribution in [0.4, 0.5) is 0 Å². The fraction of sp³-hybridized carbons (Fsp3) is 0.857. The minimum Gasteiger partial charge on any atom is -0.270 e. The van der Waals surface area contributed by atoms with Gasteiger partial charge in [-0.25, -0.2) is 0 Å². The molecule has 0 bridgehead atoms. The van der Waals surface area contributed by atoms with E-state index in [0.717, 1.165) is 12.8 Å². The first-order valence-electron chi connectivity index (χ1n) is 3.78. The van der Waals surface area contributed by atoms with E-state index in [9.17, 15) is 8.42 Å². The van der Waals surface area contributed by atoms with Gasteiger partial charge in [-0.3, -0.25) is 4.18 Å². The van der Waals surface area contributed by atoms with E-state index in [2.05, 4.69) is 11.1 Å². The van der Waals surface area contributed by atoms with Gasteiger partial charge in [0.1, 0.15) is 0 Å². The third kappa shape index (κ3) is 6.31. The van der Waals surface area contributed by atoms with Crippen LogP contribution in [0.2, 0.25) is 0 Å². The zero-order chi connectivity index (χ0) is 8.74. The highest BCUT2D eigenvalue weighted by Crippen LogP contribution is 2.00. The van der Waals surface area contributed by atoms with Crippen LogP contribution in [0, 0.1) is 6.92 Å². The van der Waals surface area contributed by atoms with E-state index >= 15 is 0 Å². The highest BCUT2D eigenvalue weighted by atomic mass is 32.2. The van der Waals surface area contributed by atoms with Gasteiger partial charge >= 0.3 is 0 Å². The quantitative estimate of drug-likeness (QED) is 0.456. The highest BCUT2D eigenvalue weighted by molar-refractivity contribution is 7.86. The maximum atomic E-state index is 10.8. The van der Waals surface area contributed by atoms with Gasteiger partial charge in [0.2, 0.25) is 0 Å². The van der Waals surface area contributed by atoms with Crippen molar-refractivity contribution in [3.63, 3.8) is 0 Å². The van der Waals surface area contributed by atoms with E-state index in [-0.39, 0.29) is 12.4 Å². The highest BCUT2D eigenvalue weighted by Gasteiger charge is 2.07. The third-order valence-corrected chi connectivity index (χ3v) is 2.58. The fourth-order valence-corrected chi connectivity index (χ4v) is 1.64. The second-order valence-electron chi connectivity index (χ2n) is 2.29. The molecule has 0 amide bonds. The van der Waals surface area contributed by atoms with Crippen molar-refractivity contribution in [3.8, 4) is 0 Å². The largest absolute Gasteiger partial charge is 0.270 e. The van der Waals surface area contributed by atoms with Crippen molar-refractivity contribution in [2.24, 2.45) is 0 Å². The molecule has 3 nitrogen and oxygen atoms in total. The summed E-state index contributed by atoms with van der Waals surface area (Å²) in [6.45, 7) is 5.31. The van der Waals surface area contributed by atoms with Crippen molar-refractivity contribution in [3.05, 3.63) is 6.92 Å². The Morgan fingerprint density at radius 1 is 1.36 bits per heavy atom. The van der Waals surface area contributed by atoms with Crippen LogP contribution in [-0.2, 0) is 14.3 Å². The van der Waals surface area contributed by atoms with E-state index in [1.165, 1.54) is 0 Å². The molecule has 0 aromatic carbocycles. The lowest BCUT2D eigenvalue weighted by atomic mass is 10.3. The molecule has 0 saturated carbocycles. The summed E-state index contributed by atoms with van der Waals surface area (Å²) < 4.78 is 26.1. The molecule has 0 heterocycles. The topological polar surface area (TPSA) is 43.4 Å². The Morgan fingerprint density at radius 2 is 2.00 bits per heavy atom. The van der Waals surface area contributed by atoms with Crippen LogP contribution in [0.3, 0.4) is 0 Å². The molecule has 0 aromatic rings. The zero-order valence-electron chi connectivity index (χ0n) is 6.88. The van der Waals surface area contributed by atoms with Crippen molar-refractivity contribution in [2.75, 3.05) is 12.4 Å². The van der Waals surface area contributed by atoms with Gasteiger partial charge in [-0.05, 0) is 13.3 Å². The van der Waals surface area contributed by atoms with Crippen molar-refractivity contribution in [1.82, 2.24) is 0 Å². The van der Waals surface area contributed by atoms with E-state index in [1.807, 2.05) is 6.92 Å². The molecular formula is C7H15O3S. The Hall–Kier alpha value is -0.0900. The van der Waals surface area contributed by atoms with Crippen LogP contribution in [0.15, 0.2) is 0 Å². The van der Waals surface area contributed by atoms with Gasteiger partial charge in [0.25, 0.3) is 10.1 Å². The minimum atomic E-state index is -3.27. The second-order valence-corrected chi connectivity index (χ2v) is 4.05. The Labute approximate surface area is 68.9 Å². The molecule has 0 aliphatic heterocycles. The fourth-order valence-electron chi connectivity index (χ4n) is 0.715. The van der Waals surface area contributed by atoms with Crippen LogP contribution < -0.4 is 0 Å². The first-order chi connectivity index (χ1) is 5.12. The van der Waals surface area contributed by atoms with Crippen LogP contribution in [0.25, 0.3) is 0 Å². The predicted molar refractivity (Wildman–Crippen MR) is 44.6 cm³/mol. The van der Waals surface area contributed by atoms with Crippen LogP contribution in [0.5, 0.6) is 0 Å². The van der Waals surface area contributed by atoms with Crippen molar-refractivity contribution in [2.45, 2.75) is 26.2 Å². The Morgan fingerprint density at radius 3 is 2.45 bits per heavy atom. The van der Waals surface area contributed by atoms with Gasteiger partial charge in [-0.1, -0.05) is 19.8 Å². The van der Waals surface area contributed by atoms with Crippen molar-refractivity contribution >= 4 is 10.1 Å². The molecular weight excluding hydrogens is 164 g/mol. The Bertz CT molecular complexity index is 172. The van der Waals surface area contributed by atoms with Crippen LogP contribution in [0.1, 0.15) is 26.2 Å². The normalized spacial score (nSPS) is 11.8. The maximum Gasteiger partial charge on any atom is 0.267 e. The molecule has 0 aromatic heterocycles. The molecule has 0 rings (SSSR count). The maximum absolute atomic E-state index is 10.8. The van der Waals surface area contributed by atoms with Crippen LogP contribution >= 0.6 is 0 Å². The van der Waals surface area contributed by atoms with E-state index < -0.39 is 10.1 Å². The molecule has 1 radical (unpaired) electrons. The Balaban J connectivity index is 3.56. The summed E-state index contributed by atoms with van der Waals surface area (Å²) >= 11 is 0. The molecule has 67 valence electrons. The average molecular weight is 179 g/mol. The number of hydrogen-bond donors (Lipinski definition) is 0. The molecule has 0 atom stereocenters. The number of rotatable bonds is 6. The molecule has 0 aliphatic carbocycles. The molecule has 0 spiro atoms. The van der Waals surface area contributed by atoms with Crippen LogP contribution in [-0.4, -0.2) is 20.8 Å². The lowest BCUT2D eigenvalue weighted by Crippen LogP contribution is -2.10. The van der Waals surface area contributed by atoms with E-state index in [1.54, 1.807) is 0 Å². The zero-order valence-corrected chi connectivity index (χ0v) is 7.69. The monoisotopic (exact) mass is 179 g/mol. The minimum absolute atomic E-state index is 0.00550. The first-order valence-corrected chi connectivity index (χ1v) is 5.36. The lowest BCUT2D eigenvalue weighted by molar-refractivity contribution is 0.354. The van der Waals surface area contributed by atoms with Crippen molar-refractivity contribution < 1.29 is 12.6 Å². The standard InChI is InChI=1S/C7H15O3S/c1-3-5-6-7-11(8,9)10-4-2/h2-7H2,1H3. The molecule has 0 fully saturated rings. The second kappa shape index (κ2) is 5.55. The lowest BCUT2D eigenvalue weighted by Gasteiger charge is -2.01. The Kier molecular flexibility index (Phi) is 5.50. The molecule has 0 N–H and O–H groups in total. The summed E-state index contributed by atoms with van der Waals surface area (Å²) in [6.07, 6.45) is 2.62. The van der Waals surface area contributed by atoms with Gasteiger partial charge < -0.3 is 0 Å². The smallest absolute Gasteiger partial charge is 0.267 e. The van der Waals surface area contributed by atoms with Gasteiger partial charge in [-0.2, -0.15) is 8.42 Å². The summed E-state index contributed by atoms with van der Waals surface area (Å²) in [5.74, 6) is 0.121. The molecule has 4 heteroatoms. The average Bonchev–Trinajstić information content (AvgIpc) is 1.87. The third-order valence-electron chi connectivity index (χ3n) is 1.26. The number of hydrogen-bond acceptors (Lipinski definition) is 3. The van der Waals surface area contributed by atoms with E-state index in [0.29, 0.717) is 6.42 Å². The first kappa shape index (κ1) is 10.9. The molecule has 0 aliphatic rings.